The highest BCUT2D eigenvalue weighted by Crippen LogP contribution is 2.33. The van der Waals surface area contributed by atoms with E-state index in [2.05, 4.69) is 17.0 Å². The summed E-state index contributed by atoms with van der Waals surface area (Å²) in [5.41, 5.74) is 7.73. The smallest absolute Gasteiger partial charge is 0.329 e. The molecule has 0 amide bonds. The molecule has 9 heteroatoms. The molecule has 2 aromatic heterocycles. The molecule has 218 valence electrons. The average molecular weight is 553 g/mol. The highest BCUT2D eigenvalue weighted by molar-refractivity contribution is 7.40. The van der Waals surface area contributed by atoms with Gasteiger partial charge in [-0.3, -0.25) is 0 Å². The first-order chi connectivity index (χ1) is 18.7. The molecule has 2 rings (SSSR count). The number of aromatic nitrogens is 3. The van der Waals surface area contributed by atoms with Crippen LogP contribution in [0.2, 0.25) is 0 Å². The molecule has 0 aliphatic heterocycles. The minimum absolute atomic E-state index is 0.143. The lowest BCUT2D eigenvalue weighted by Crippen LogP contribution is -2.18. The van der Waals surface area contributed by atoms with Gasteiger partial charge in [-0.05, 0) is 31.4 Å². The number of hydrogen-bond acceptors (Lipinski definition) is 7. The number of methoxy groups -OCH3 is 1. The minimum Gasteiger partial charge on any atom is -0.382 e. The Labute approximate surface area is 232 Å². The number of hydrogen-bond donors (Lipinski definition) is 2. The molecule has 0 spiro atoms. The van der Waals surface area contributed by atoms with Crippen molar-refractivity contribution in [3.63, 3.8) is 0 Å². The summed E-state index contributed by atoms with van der Waals surface area (Å²) >= 11 is 0. The summed E-state index contributed by atoms with van der Waals surface area (Å²) in [6, 6.07) is 3.91. The van der Waals surface area contributed by atoms with Crippen LogP contribution in [0.1, 0.15) is 122 Å². The van der Waals surface area contributed by atoms with Crippen molar-refractivity contribution in [1.82, 2.24) is 14.6 Å². The quantitative estimate of drug-likeness (QED) is 0.0957. The van der Waals surface area contributed by atoms with Gasteiger partial charge in [0.25, 0.3) is 0 Å². The van der Waals surface area contributed by atoms with E-state index in [9.17, 15) is 4.89 Å². The molecule has 0 saturated carbocycles. The Kier molecular flexibility index (Phi) is 18.6. The lowest BCUT2D eigenvalue weighted by Gasteiger charge is -2.17. The number of unbranched alkanes of at least 4 members (excludes halogenated alkanes) is 15. The number of nitrogens with zero attached hydrogens (tertiary/aromatic N) is 3. The van der Waals surface area contributed by atoms with Crippen molar-refractivity contribution in [1.29, 1.82) is 0 Å². The van der Waals surface area contributed by atoms with Crippen LogP contribution in [0.15, 0.2) is 18.5 Å². The highest BCUT2D eigenvalue weighted by Gasteiger charge is 2.15. The molecule has 2 heterocycles. The van der Waals surface area contributed by atoms with E-state index in [4.69, 9.17) is 19.5 Å². The number of rotatable bonds is 25. The second-order valence-corrected chi connectivity index (χ2v) is 11.3. The summed E-state index contributed by atoms with van der Waals surface area (Å²) in [5, 5.41) is 4.27. The van der Waals surface area contributed by atoms with E-state index in [1.54, 1.807) is 11.6 Å². The van der Waals surface area contributed by atoms with Crippen molar-refractivity contribution < 1.29 is 18.7 Å². The third kappa shape index (κ3) is 14.2. The summed E-state index contributed by atoms with van der Waals surface area (Å²) in [4.78, 5) is 14.1. The Bertz CT molecular complexity index is 838. The van der Waals surface area contributed by atoms with Crippen molar-refractivity contribution in [2.45, 2.75) is 129 Å². The number of anilines is 1. The number of nitrogen functional groups attached to an aromatic ring is 1. The van der Waals surface area contributed by atoms with Gasteiger partial charge < -0.3 is 24.4 Å². The molecular formula is C29H53N4O4P. The van der Waals surface area contributed by atoms with E-state index < -0.39 is 8.60 Å². The molecule has 0 aliphatic rings. The van der Waals surface area contributed by atoms with Gasteiger partial charge in [0, 0.05) is 12.8 Å². The first kappa shape index (κ1) is 32.9. The third-order valence-corrected chi connectivity index (χ3v) is 7.96. The monoisotopic (exact) mass is 552 g/mol. The first-order valence-corrected chi connectivity index (χ1v) is 16.1. The van der Waals surface area contributed by atoms with E-state index >= 15 is 0 Å². The fraction of sp³-hybridized carbons (Fsp3) is 0.793. The SMILES string of the molecule is CCCCCCCCCCCCCCCCCCOP(O)OCC(CCc1ccc2c(N)ncnn12)OC. The van der Waals surface area contributed by atoms with E-state index in [1.165, 1.54) is 96.2 Å². The fourth-order valence-electron chi connectivity index (χ4n) is 4.75. The number of nitrogens with two attached hydrogens (primary N) is 1. The van der Waals surface area contributed by atoms with Gasteiger partial charge in [-0.15, -0.1) is 0 Å². The molecule has 0 saturated heterocycles. The Morgan fingerprint density at radius 1 is 0.868 bits per heavy atom. The zero-order valence-corrected chi connectivity index (χ0v) is 24.9. The van der Waals surface area contributed by atoms with Gasteiger partial charge in [0.15, 0.2) is 5.82 Å². The Morgan fingerprint density at radius 3 is 2.03 bits per heavy atom. The maximum atomic E-state index is 10.1. The molecule has 0 radical (unpaired) electrons. The van der Waals surface area contributed by atoms with Gasteiger partial charge in [-0.1, -0.05) is 103 Å². The predicted molar refractivity (Wildman–Crippen MR) is 157 cm³/mol. The predicted octanol–water partition coefficient (Wildman–Crippen LogP) is 7.77. The molecule has 2 aromatic rings. The van der Waals surface area contributed by atoms with Crippen LogP contribution in [0, 0.1) is 0 Å². The number of aryl methyl sites for hydroxylation is 1. The van der Waals surface area contributed by atoms with Crippen LogP contribution >= 0.6 is 8.60 Å². The van der Waals surface area contributed by atoms with Crippen molar-refractivity contribution in [2.24, 2.45) is 0 Å². The Morgan fingerprint density at radius 2 is 1.45 bits per heavy atom. The zero-order chi connectivity index (χ0) is 27.3. The van der Waals surface area contributed by atoms with E-state index in [0.29, 0.717) is 12.4 Å². The molecule has 8 nitrogen and oxygen atoms in total. The fourth-order valence-corrected chi connectivity index (χ4v) is 5.40. The lowest BCUT2D eigenvalue weighted by molar-refractivity contribution is 0.0440. The molecule has 3 N–H and O–H groups in total. The Balaban J connectivity index is 1.39. The number of ether oxygens (including phenoxy) is 1. The zero-order valence-electron chi connectivity index (χ0n) is 24.0. The van der Waals surface area contributed by atoms with Gasteiger partial charge in [0.2, 0.25) is 0 Å². The van der Waals surface area contributed by atoms with Crippen LogP contribution in [0.4, 0.5) is 5.82 Å². The standard InChI is InChI=1S/C29H53N4O4P/c1-3-4-5-6-7-8-9-10-11-12-13-14-15-16-17-18-23-36-38(34)37-24-27(35-2)21-19-26-20-22-28-29(30)31-25-32-33(26)28/h20,22,25,27,34H,3-19,21,23-24H2,1-2H3,(H2,30,31,32). The molecule has 2 unspecified atom stereocenters. The van der Waals surface area contributed by atoms with Gasteiger partial charge in [-0.25, -0.2) is 9.50 Å². The van der Waals surface area contributed by atoms with Gasteiger partial charge in [0.1, 0.15) is 11.8 Å². The summed E-state index contributed by atoms with van der Waals surface area (Å²) in [6.45, 7) is 3.11. The highest BCUT2D eigenvalue weighted by atomic mass is 31.2. The summed E-state index contributed by atoms with van der Waals surface area (Å²) in [7, 11) is -0.219. The van der Waals surface area contributed by atoms with Crippen molar-refractivity contribution in [2.75, 3.05) is 26.1 Å². The molecular weight excluding hydrogens is 499 g/mol. The van der Waals surface area contributed by atoms with Crippen LogP contribution < -0.4 is 5.73 Å². The van der Waals surface area contributed by atoms with Crippen LogP contribution in [-0.2, 0) is 20.2 Å². The normalized spacial score (nSPS) is 13.3. The Hall–Kier alpha value is -1.31. The van der Waals surface area contributed by atoms with E-state index in [1.807, 2.05) is 12.1 Å². The van der Waals surface area contributed by atoms with Crippen molar-refractivity contribution in [3.8, 4) is 0 Å². The van der Waals surface area contributed by atoms with Gasteiger partial charge in [0.05, 0.1) is 19.3 Å². The first-order valence-electron chi connectivity index (χ1n) is 15.0. The molecule has 0 bridgehead atoms. The van der Waals surface area contributed by atoms with Gasteiger partial charge in [-0.2, -0.15) is 5.10 Å². The topological polar surface area (TPSA) is 104 Å². The summed E-state index contributed by atoms with van der Waals surface area (Å²) < 4.78 is 18.3. The maximum Gasteiger partial charge on any atom is 0.329 e. The van der Waals surface area contributed by atoms with Crippen LogP contribution in [-0.4, -0.2) is 45.9 Å². The van der Waals surface area contributed by atoms with Crippen LogP contribution in [0.25, 0.3) is 5.52 Å². The van der Waals surface area contributed by atoms with Crippen LogP contribution in [0.3, 0.4) is 0 Å². The van der Waals surface area contributed by atoms with Crippen molar-refractivity contribution in [3.05, 3.63) is 24.2 Å². The largest absolute Gasteiger partial charge is 0.382 e. The maximum absolute atomic E-state index is 10.1. The summed E-state index contributed by atoms with van der Waals surface area (Å²) in [5.74, 6) is 0.463. The van der Waals surface area contributed by atoms with Crippen LogP contribution in [0.5, 0.6) is 0 Å². The average Bonchev–Trinajstić information content (AvgIpc) is 3.35. The molecule has 0 fully saturated rings. The minimum atomic E-state index is -1.87. The molecule has 2 atom stereocenters. The lowest BCUT2D eigenvalue weighted by atomic mass is 10.0. The molecule has 0 aliphatic carbocycles. The van der Waals surface area contributed by atoms with E-state index in [0.717, 1.165) is 36.9 Å². The second kappa shape index (κ2) is 21.5. The number of fused-ring (bicyclic) bond motifs is 1. The van der Waals surface area contributed by atoms with Crippen molar-refractivity contribution >= 4 is 19.9 Å². The second-order valence-electron chi connectivity index (χ2n) is 10.3. The van der Waals surface area contributed by atoms with Gasteiger partial charge >= 0.3 is 8.60 Å². The summed E-state index contributed by atoms with van der Waals surface area (Å²) in [6.07, 6.45) is 24.2. The molecule has 38 heavy (non-hydrogen) atoms. The third-order valence-electron chi connectivity index (χ3n) is 7.19. The van der Waals surface area contributed by atoms with E-state index in [-0.39, 0.29) is 12.7 Å². The molecule has 0 aromatic carbocycles.